The summed E-state index contributed by atoms with van der Waals surface area (Å²) in [5.74, 6) is -0.765. The first-order chi connectivity index (χ1) is 25.1. The molecule has 0 aromatic heterocycles. The first-order valence-corrected chi connectivity index (χ1v) is 16.6. The Bertz CT molecular complexity index is 2040. The maximum atomic E-state index is 12.0. The summed E-state index contributed by atoms with van der Waals surface area (Å²) >= 11 is 0. The van der Waals surface area contributed by atoms with Gasteiger partial charge in [0.1, 0.15) is 0 Å². The molecule has 0 N–H and O–H groups in total. The Balaban J connectivity index is 1.59. The minimum atomic E-state index is -0.395. The van der Waals surface area contributed by atoms with Crippen molar-refractivity contribution in [3.63, 3.8) is 0 Å². The van der Waals surface area contributed by atoms with E-state index in [0.717, 1.165) is 44.5 Å². The second-order valence-corrected chi connectivity index (χ2v) is 12.0. The number of ketones is 2. The quantitative estimate of drug-likeness (QED) is 0.0738. The summed E-state index contributed by atoms with van der Waals surface area (Å²) in [5.41, 5.74) is 9.73. The van der Waals surface area contributed by atoms with Gasteiger partial charge in [-0.05, 0) is 94.8 Å². The van der Waals surface area contributed by atoms with Crippen LogP contribution in [0.5, 0.6) is 0 Å². The van der Waals surface area contributed by atoms with Crippen LogP contribution in [0, 0.1) is 0 Å². The summed E-state index contributed by atoms with van der Waals surface area (Å²) < 4.78 is 9.68. The number of Topliss-reactive ketones (excluding diaryl/α,β-unsaturated/α-hetero) is 2. The lowest BCUT2D eigenvalue weighted by Gasteiger charge is -2.10. The highest BCUT2D eigenvalue weighted by Gasteiger charge is 2.08. The highest BCUT2D eigenvalue weighted by molar-refractivity contribution is 5.95. The van der Waals surface area contributed by atoms with Crippen LogP contribution in [0.2, 0.25) is 0 Å². The molecule has 0 heterocycles. The van der Waals surface area contributed by atoms with Gasteiger partial charge < -0.3 is 9.47 Å². The van der Waals surface area contributed by atoms with Crippen LogP contribution >= 0.6 is 0 Å². The Morgan fingerprint density at radius 1 is 0.365 bits per heavy atom. The average Bonchev–Trinajstić information content (AvgIpc) is 3.18. The third kappa shape index (κ3) is 9.73. The normalized spacial score (nSPS) is 11.5. The molecule has 5 aromatic carbocycles. The molecule has 0 saturated heterocycles. The molecule has 0 unspecified atom stereocenters. The van der Waals surface area contributed by atoms with Crippen molar-refractivity contribution in [3.05, 3.63) is 176 Å². The molecule has 0 bridgehead atoms. The van der Waals surface area contributed by atoms with Crippen LogP contribution in [0.1, 0.15) is 99.8 Å². The summed E-state index contributed by atoms with van der Waals surface area (Å²) in [6, 6.07) is 33.5. The number of carbonyl (C=O) groups is 4. The first kappa shape index (κ1) is 36.6. The number of hydrogen-bond acceptors (Lipinski definition) is 6. The Hall–Kier alpha value is -6.66. The van der Waals surface area contributed by atoms with Crippen molar-refractivity contribution < 1.29 is 28.7 Å². The second-order valence-electron chi connectivity index (χ2n) is 12.0. The third-order valence-electron chi connectivity index (χ3n) is 8.41. The maximum Gasteiger partial charge on any atom is 0.337 e. The molecule has 0 fully saturated rings. The second kappa shape index (κ2) is 17.3. The SMILES string of the molecule is COC(=O)c1ccc(/C=C/c2cc(/C=C/c3ccc(C(C)=O)cc3)c(/C=C/c3ccc(C(C)=O)cc3)cc2/C=C/c2ccc(C(=O)OC)cc2)cc1. The van der Waals surface area contributed by atoms with E-state index < -0.39 is 11.9 Å². The number of benzene rings is 5. The Labute approximate surface area is 304 Å². The van der Waals surface area contributed by atoms with Crippen molar-refractivity contribution in [1.82, 2.24) is 0 Å². The van der Waals surface area contributed by atoms with Crippen LogP contribution in [0.4, 0.5) is 0 Å². The average molecular weight is 687 g/mol. The Morgan fingerprint density at radius 3 is 0.808 bits per heavy atom. The van der Waals surface area contributed by atoms with Crippen molar-refractivity contribution in [3.8, 4) is 0 Å². The van der Waals surface area contributed by atoms with Gasteiger partial charge in [0, 0.05) is 11.1 Å². The molecule has 5 rings (SSSR count). The van der Waals surface area contributed by atoms with Crippen molar-refractivity contribution in [2.75, 3.05) is 14.2 Å². The van der Waals surface area contributed by atoms with E-state index >= 15 is 0 Å². The van der Waals surface area contributed by atoms with Gasteiger partial charge in [-0.25, -0.2) is 9.59 Å². The van der Waals surface area contributed by atoms with Gasteiger partial charge in [0.05, 0.1) is 25.3 Å². The van der Waals surface area contributed by atoms with E-state index in [1.165, 1.54) is 14.2 Å². The van der Waals surface area contributed by atoms with E-state index in [0.29, 0.717) is 22.3 Å². The predicted octanol–water partition coefficient (Wildman–Crippen LogP) is 10.3. The van der Waals surface area contributed by atoms with Gasteiger partial charge >= 0.3 is 11.9 Å². The monoisotopic (exact) mass is 686 g/mol. The number of hydrogen-bond donors (Lipinski definition) is 0. The highest BCUT2D eigenvalue weighted by Crippen LogP contribution is 2.26. The molecule has 0 atom stereocenters. The van der Waals surface area contributed by atoms with Gasteiger partial charge in [-0.15, -0.1) is 0 Å². The third-order valence-corrected chi connectivity index (χ3v) is 8.41. The number of ether oxygens (including phenoxy) is 2. The number of methoxy groups -OCH3 is 2. The van der Waals surface area contributed by atoms with Crippen LogP contribution in [0.3, 0.4) is 0 Å². The standard InChI is InChI=1S/C46H38O6/c1-31(47)37-17-5-33(6-18-37)13-25-41-29-43(27-15-35-9-21-39(22-10-35)45(49)51-3)44(28-16-36-11-23-40(24-12-36)46(50)52-4)30-42(41)26-14-34-7-19-38(20-8-34)32(2)48/h5-30H,1-4H3/b25-13+,26-14+,27-15+,28-16+. The molecule has 6 heteroatoms. The molecular formula is C46H38O6. The van der Waals surface area contributed by atoms with Crippen molar-refractivity contribution in [2.45, 2.75) is 13.8 Å². The largest absolute Gasteiger partial charge is 0.465 e. The number of esters is 2. The first-order valence-electron chi connectivity index (χ1n) is 16.6. The van der Waals surface area contributed by atoms with Crippen LogP contribution in [-0.2, 0) is 9.47 Å². The molecule has 0 radical (unpaired) electrons. The van der Waals surface area contributed by atoms with Crippen LogP contribution < -0.4 is 0 Å². The lowest BCUT2D eigenvalue weighted by molar-refractivity contribution is 0.0592. The van der Waals surface area contributed by atoms with Gasteiger partial charge in [-0.1, -0.05) is 121 Å². The lowest BCUT2D eigenvalue weighted by atomic mass is 9.95. The van der Waals surface area contributed by atoms with E-state index in [2.05, 4.69) is 12.1 Å². The molecule has 0 aliphatic heterocycles. The summed E-state index contributed by atoms with van der Waals surface area (Å²) in [7, 11) is 2.71. The van der Waals surface area contributed by atoms with Gasteiger partial charge in [0.2, 0.25) is 0 Å². The summed E-state index contributed by atoms with van der Waals surface area (Å²) in [6.45, 7) is 3.10. The van der Waals surface area contributed by atoms with Crippen LogP contribution in [0.25, 0.3) is 48.6 Å². The molecule has 5 aromatic rings. The van der Waals surface area contributed by atoms with Crippen molar-refractivity contribution >= 4 is 72.1 Å². The smallest absolute Gasteiger partial charge is 0.337 e. The van der Waals surface area contributed by atoms with E-state index in [1.54, 1.807) is 38.1 Å². The van der Waals surface area contributed by atoms with Gasteiger partial charge in [-0.3, -0.25) is 9.59 Å². The lowest BCUT2D eigenvalue weighted by Crippen LogP contribution is -2.00. The molecule has 0 saturated carbocycles. The zero-order chi connectivity index (χ0) is 37.0. The Morgan fingerprint density at radius 2 is 0.596 bits per heavy atom. The molecule has 0 aliphatic carbocycles. The molecule has 258 valence electrons. The van der Waals surface area contributed by atoms with Crippen LogP contribution in [0.15, 0.2) is 109 Å². The van der Waals surface area contributed by atoms with Gasteiger partial charge in [0.25, 0.3) is 0 Å². The van der Waals surface area contributed by atoms with Gasteiger partial charge in [-0.2, -0.15) is 0 Å². The summed E-state index contributed by atoms with van der Waals surface area (Å²) in [5, 5.41) is 0. The molecule has 0 aliphatic rings. The fourth-order valence-electron chi connectivity index (χ4n) is 5.34. The van der Waals surface area contributed by atoms with Crippen LogP contribution in [-0.4, -0.2) is 37.7 Å². The number of rotatable bonds is 12. The van der Waals surface area contributed by atoms with E-state index in [-0.39, 0.29) is 11.6 Å². The fraction of sp³-hybridized carbons (Fsp3) is 0.0870. The minimum absolute atomic E-state index is 0.0127. The molecule has 0 amide bonds. The summed E-state index contributed by atoms with van der Waals surface area (Å²) in [4.78, 5) is 47.6. The molecule has 6 nitrogen and oxygen atoms in total. The Kier molecular flexibility index (Phi) is 12.2. The molecular weight excluding hydrogens is 649 g/mol. The molecule has 52 heavy (non-hydrogen) atoms. The van der Waals surface area contributed by atoms with Crippen molar-refractivity contribution in [2.24, 2.45) is 0 Å². The highest BCUT2D eigenvalue weighted by atomic mass is 16.5. The zero-order valence-electron chi connectivity index (χ0n) is 29.5. The summed E-state index contributed by atoms with van der Waals surface area (Å²) in [6.07, 6.45) is 16.1. The maximum absolute atomic E-state index is 12.0. The topological polar surface area (TPSA) is 86.7 Å². The predicted molar refractivity (Wildman–Crippen MR) is 211 cm³/mol. The number of carbonyl (C=O) groups excluding carboxylic acids is 4. The minimum Gasteiger partial charge on any atom is -0.465 e. The van der Waals surface area contributed by atoms with E-state index in [9.17, 15) is 19.2 Å². The zero-order valence-corrected chi connectivity index (χ0v) is 29.5. The van der Waals surface area contributed by atoms with Crippen molar-refractivity contribution in [1.29, 1.82) is 0 Å². The molecule has 0 spiro atoms. The van der Waals surface area contributed by atoms with Gasteiger partial charge in [0.15, 0.2) is 11.6 Å². The fourth-order valence-corrected chi connectivity index (χ4v) is 5.34. The van der Waals surface area contributed by atoms with E-state index in [4.69, 9.17) is 9.47 Å². The van der Waals surface area contributed by atoms with E-state index in [1.807, 2.05) is 121 Å².